The fourth-order valence-electron chi connectivity index (χ4n) is 0.167. The maximum Gasteiger partial charge on any atom is 0.339 e. The molecule has 4 nitrogen and oxygen atoms in total. The lowest BCUT2D eigenvalue weighted by atomic mass is 11.3. The third-order valence-electron chi connectivity index (χ3n) is 0.331. The molecule has 8 heteroatoms. The highest BCUT2D eigenvalue weighted by Crippen LogP contribution is 2.61. The molecular formula is C2H3Cl3N3OP. The number of nitrogens with zero attached hydrogens (tertiary/aromatic N) is 2. The minimum atomic E-state index is -3.22. The summed E-state index contributed by atoms with van der Waals surface area (Å²) in [5.41, 5.74) is 0. The largest absolute Gasteiger partial charge is 0.339 e. The first-order valence-electron chi connectivity index (χ1n) is 1.98. The van der Waals surface area contributed by atoms with Crippen LogP contribution in [0.15, 0.2) is 12.7 Å². The summed E-state index contributed by atoms with van der Waals surface area (Å²) in [5.74, 6) is 0. The van der Waals surface area contributed by atoms with Crippen molar-refractivity contribution in [3.05, 3.63) is 12.7 Å². The number of rotatable bonds is 0. The Morgan fingerprint density at radius 1 is 1.40 bits per heavy atom. The van der Waals surface area contributed by atoms with E-state index in [4.69, 9.17) is 0 Å². The van der Waals surface area contributed by atoms with Crippen LogP contribution in [0.3, 0.4) is 0 Å². The van der Waals surface area contributed by atoms with Gasteiger partial charge in [-0.3, -0.25) is 9.66 Å². The number of nitrogens with one attached hydrogen (secondary N) is 1. The molecule has 0 fully saturated rings. The Morgan fingerprint density at radius 2 is 1.90 bits per heavy atom. The second kappa shape index (κ2) is 4.97. The summed E-state index contributed by atoms with van der Waals surface area (Å²) in [7, 11) is 0. The third-order valence-corrected chi connectivity index (χ3v) is 0.331. The molecular weight excluding hydrogens is 219 g/mol. The smallest absolute Gasteiger partial charge is 0.271 e. The first-order valence-corrected chi connectivity index (χ1v) is 6.40. The lowest BCUT2D eigenvalue weighted by Crippen LogP contribution is -1.53. The van der Waals surface area contributed by atoms with E-state index in [1.807, 2.05) is 0 Å². The molecule has 1 heterocycles. The lowest BCUT2D eigenvalue weighted by Gasteiger charge is -1.74. The quantitative estimate of drug-likeness (QED) is 0.686. The minimum Gasteiger partial charge on any atom is -0.271 e. The van der Waals surface area contributed by atoms with Gasteiger partial charge in [-0.25, -0.2) is 4.98 Å². The maximum atomic E-state index is 9.51. The summed E-state index contributed by atoms with van der Waals surface area (Å²) in [4.78, 5) is 3.56. The molecule has 0 amide bonds. The van der Waals surface area contributed by atoms with Crippen molar-refractivity contribution in [1.82, 2.24) is 15.2 Å². The number of aromatic amines is 1. The highest BCUT2D eigenvalue weighted by atomic mass is 36.0. The van der Waals surface area contributed by atoms with Crippen molar-refractivity contribution >= 4 is 38.9 Å². The molecule has 0 radical (unpaired) electrons. The van der Waals surface area contributed by atoms with Crippen molar-refractivity contribution in [1.29, 1.82) is 0 Å². The Bertz CT molecular complexity index is 170. The van der Waals surface area contributed by atoms with E-state index in [1.54, 1.807) is 0 Å². The Hall–Kier alpha value is 0.240. The average molecular weight is 222 g/mol. The van der Waals surface area contributed by atoms with Gasteiger partial charge in [-0.2, -0.15) is 5.10 Å². The van der Waals surface area contributed by atoms with Gasteiger partial charge in [0, 0.05) is 0 Å². The Balaban J connectivity index is 0.000000162. The lowest BCUT2D eigenvalue weighted by molar-refractivity contribution is 0.600. The second-order valence-corrected chi connectivity index (χ2v) is 7.69. The Labute approximate surface area is 71.6 Å². The highest BCUT2D eigenvalue weighted by molar-refractivity contribution is 8.24. The van der Waals surface area contributed by atoms with Crippen LogP contribution in [0.4, 0.5) is 0 Å². The standard InChI is InChI=1S/C2H3N3.Cl3OP/c1-3-2-5-4-1;1-5(2,3)4/h1-2H,(H,3,4,5);. The van der Waals surface area contributed by atoms with Gasteiger partial charge in [0.15, 0.2) is 0 Å². The summed E-state index contributed by atoms with van der Waals surface area (Å²) < 4.78 is 9.51. The summed E-state index contributed by atoms with van der Waals surface area (Å²) in [6, 6.07) is 0. The third kappa shape index (κ3) is 15.7. The zero-order chi connectivity index (χ0) is 8.04. The molecule has 0 bridgehead atoms. The number of halogens is 3. The summed E-state index contributed by atoms with van der Waals surface area (Å²) >= 11 is 13.8. The van der Waals surface area contributed by atoms with Crippen molar-refractivity contribution in [3.63, 3.8) is 0 Å². The number of H-pyrrole nitrogens is 1. The molecule has 0 aliphatic rings. The van der Waals surface area contributed by atoms with E-state index in [0.717, 1.165) is 0 Å². The molecule has 0 saturated carbocycles. The zero-order valence-electron chi connectivity index (χ0n) is 4.54. The van der Waals surface area contributed by atoms with Gasteiger partial charge in [0.25, 0.3) is 0 Å². The van der Waals surface area contributed by atoms with Gasteiger partial charge >= 0.3 is 5.20 Å². The molecule has 0 atom stereocenters. The Kier molecular flexibility index (Phi) is 5.09. The van der Waals surface area contributed by atoms with Crippen LogP contribution in [0.1, 0.15) is 0 Å². The molecule has 0 saturated heterocycles. The van der Waals surface area contributed by atoms with E-state index in [0.29, 0.717) is 0 Å². The van der Waals surface area contributed by atoms with Gasteiger partial charge < -0.3 is 0 Å². The minimum absolute atomic E-state index is 1.44. The molecule has 1 N–H and O–H groups in total. The normalized spacial score (nSPS) is 9.90. The van der Waals surface area contributed by atoms with Crippen LogP contribution in [-0.4, -0.2) is 15.2 Å². The second-order valence-electron chi connectivity index (χ2n) is 1.05. The molecule has 1 rings (SSSR count). The van der Waals surface area contributed by atoms with Crippen molar-refractivity contribution in [2.75, 3.05) is 0 Å². The van der Waals surface area contributed by atoms with Crippen LogP contribution < -0.4 is 0 Å². The highest BCUT2D eigenvalue weighted by Gasteiger charge is 2.02. The molecule has 0 spiro atoms. The van der Waals surface area contributed by atoms with Crippen LogP contribution in [0.2, 0.25) is 0 Å². The topological polar surface area (TPSA) is 58.6 Å². The van der Waals surface area contributed by atoms with Gasteiger partial charge in [-0.1, -0.05) is 0 Å². The number of hydrogen-bond donors (Lipinski definition) is 1. The fourth-order valence-corrected chi connectivity index (χ4v) is 0.167. The van der Waals surface area contributed by atoms with Crippen molar-refractivity contribution < 1.29 is 4.57 Å². The van der Waals surface area contributed by atoms with E-state index >= 15 is 0 Å². The molecule has 10 heavy (non-hydrogen) atoms. The SMILES string of the molecule is O=P(Cl)(Cl)Cl.c1nc[nH]n1. The molecule has 0 aromatic carbocycles. The van der Waals surface area contributed by atoms with E-state index in [9.17, 15) is 4.57 Å². The monoisotopic (exact) mass is 221 g/mol. The summed E-state index contributed by atoms with van der Waals surface area (Å²) in [5, 5.41) is 2.76. The van der Waals surface area contributed by atoms with E-state index in [-0.39, 0.29) is 0 Å². The van der Waals surface area contributed by atoms with Crippen LogP contribution in [0.5, 0.6) is 0 Å². The molecule has 58 valence electrons. The van der Waals surface area contributed by atoms with Gasteiger partial charge in [0.05, 0.1) is 0 Å². The molecule has 0 unspecified atom stereocenters. The van der Waals surface area contributed by atoms with Crippen LogP contribution in [0.25, 0.3) is 0 Å². The van der Waals surface area contributed by atoms with Crippen molar-refractivity contribution in [2.24, 2.45) is 0 Å². The van der Waals surface area contributed by atoms with E-state index in [1.165, 1.54) is 12.7 Å². The van der Waals surface area contributed by atoms with Crippen LogP contribution in [-0.2, 0) is 4.57 Å². The average Bonchev–Trinajstić information content (AvgIpc) is 2.07. The van der Waals surface area contributed by atoms with E-state index in [2.05, 4.69) is 48.9 Å². The van der Waals surface area contributed by atoms with Crippen molar-refractivity contribution in [2.45, 2.75) is 0 Å². The van der Waals surface area contributed by atoms with Gasteiger partial charge in [0.1, 0.15) is 12.7 Å². The molecule has 0 aliphatic heterocycles. The van der Waals surface area contributed by atoms with Gasteiger partial charge in [0.2, 0.25) is 0 Å². The molecule has 1 aromatic heterocycles. The van der Waals surface area contributed by atoms with Crippen LogP contribution >= 0.6 is 38.9 Å². The van der Waals surface area contributed by atoms with Crippen molar-refractivity contribution in [3.8, 4) is 0 Å². The predicted molar refractivity (Wildman–Crippen MR) is 41.5 cm³/mol. The molecule has 0 aliphatic carbocycles. The van der Waals surface area contributed by atoms with E-state index < -0.39 is 5.20 Å². The number of hydrogen-bond acceptors (Lipinski definition) is 3. The molecule has 1 aromatic rings. The summed E-state index contributed by atoms with van der Waals surface area (Å²) in [6.07, 6.45) is 2.96. The first kappa shape index (κ1) is 10.2. The number of aromatic nitrogens is 3. The Morgan fingerprint density at radius 3 is 2.00 bits per heavy atom. The first-order chi connectivity index (χ1) is 4.50. The van der Waals surface area contributed by atoms with Crippen LogP contribution in [0, 0.1) is 0 Å². The zero-order valence-corrected chi connectivity index (χ0v) is 7.70. The van der Waals surface area contributed by atoms with Gasteiger partial charge in [-0.05, 0) is 33.7 Å². The summed E-state index contributed by atoms with van der Waals surface area (Å²) in [6.45, 7) is 0. The predicted octanol–water partition coefficient (Wildman–Crippen LogP) is 2.62. The van der Waals surface area contributed by atoms with Gasteiger partial charge in [-0.15, -0.1) is 0 Å². The maximum absolute atomic E-state index is 9.51. The fraction of sp³-hybridized carbons (Fsp3) is 0.